The van der Waals surface area contributed by atoms with Crippen LogP contribution in [0.15, 0.2) is 53.4 Å². The number of rotatable bonds is 5. The average Bonchev–Trinajstić information content (AvgIpc) is 2.49. The largest absolute Gasteiger partial charge is 0.465 e. The van der Waals surface area contributed by atoms with Crippen LogP contribution in [0, 0.1) is 0 Å². The van der Waals surface area contributed by atoms with Gasteiger partial charge in [-0.15, -0.1) is 0 Å². The number of hydrogen-bond acceptors (Lipinski definition) is 3. The van der Waals surface area contributed by atoms with E-state index in [1.807, 2.05) is 0 Å². The Morgan fingerprint density at radius 3 is 1.91 bits per heavy atom. The Bertz CT molecular complexity index is 789. The van der Waals surface area contributed by atoms with Gasteiger partial charge in [-0.05, 0) is 48.5 Å². The van der Waals surface area contributed by atoms with Gasteiger partial charge in [0.25, 0.3) is 0 Å². The number of nitrogens with zero attached hydrogens (tertiary/aromatic N) is 1. The number of benzene rings is 2. The molecule has 122 valence electrons. The van der Waals surface area contributed by atoms with E-state index in [-0.39, 0.29) is 17.2 Å². The van der Waals surface area contributed by atoms with Crippen molar-refractivity contribution in [2.45, 2.75) is 4.90 Å². The lowest BCUT2D eigenvalue weighted by Gasteiger charge is -2.19. The minimum atomic E-state index is -3.61. The highest BCUT2D eigenvalue weighted by molar-refractivity contribution is 7.91. The maximum atomic E-state index is 12.3. The molecule has 23 heavy (non-hydrogen) atoms. The van der Waals surface area contributed by atoms with Gasteiger partial charge in [-0.1, -0.05) is 23.2 Å². The van der Waals surface area contributed by atoms with Gasteiger partial charge in [0.05, 0.1) is 10.6 Å². The molecule has 0 unspecified atom stereocenters. The van der Waals surface area contributed by atoms with Crippen molar-refractivity contribution in [3.8, 4) is 0 Å². The molecule has 2 rings (SSSR count). The Morgan fingerprint density at radius 1 is 0.957 bits per heavy atom. The molecule has 0 aliphatic rings. The standard InChI is InChI=1S/C15H13Cl2NO4S/c16-11-1-5-13(6-2-11)18(15(19)20)9-10-23(21,22)14-7-3-12(17)4-8-14/h1-8H,9-10H2,(H,19,20). The number of anilines is 1. The zero-order chi connectivity index (χ0) is 17.0. The highest BCUT2D eigenvalue weighted by Crippen LogP contribution is 2.20. The van der Waals surface area contributed by atoms with Crippen LogP contribution in [-0.4, -0.2) is 31.9 Å². The van der Waals surface area contributed by atoms with Gasteiger partial charge in [-0.25, -0.2) is 13.2 Å². The average molecular weight is 374 g/mol. The minimum Gasteiger partial charge on any atom is -0.465 e. The van der Waals surface area contributed by atoms with Gasteiger partial charge in [-0.2, -0.15) is 0 Å². The third-order valence-corrected chi connectivity index (χ3v) is 5.34. The van der Waals surface area contributed by atoms with Crippen molar-refractivity contribution in [1.82, 2.24) is 0 Å². The molecule has 5 nitrogen and oxygen atoms in total. The monoisotopic (exact) mass is 373 g/mol. The first-order valence-electron chi connectivity index (χ1n) is 6.54. The van der Waals surface area contributed by atoms with Crippen molar-refractivity contribution in [1.29, 1.82) is 0 Å². The van der Waals surface area contributed by atoms with Crippen molar-refractivity contribution >= 4 is 44.8 Å². The van der Waals surface area contributed by atoms with Crippen LogP contribution < -0.4 is 4.90 Å². The molecular weight excluding hydrogens is 361 g/mol. The molecule has 8 heteroatoms. The Hall–Kier alpha value is -1.76. The summed E-state index contributed by atoms with van der Waals surface area (Å²) >= 11 is 11.5. The van der Waals surface area contributed by atoms with Gasteiger partial charge in [0, 0.05) is 22.3 Å². The smallest absolute Gasteiger partial charge is 0.411 e. The summed E-state index contributed by atoms with van der Waals surface area (Å²) in [6.07, 6.45) is -1.24. The maximum Gasteiger partial charge on any atom is 0.411 e. The molecule has 0 saturated heterocycles. The lowest BCUT2D eigenvalue weighted by atomic mass is 10.3. The van der Waals surface area contributed by atoms with Crippen molar-refractivity contribution in [2.24, 2.45) is 0 Å². The molecule has 0 spiro atoms. The van der Waals surface area contributed by atoms with Gasteiger partial charge in [0.15, 0.2) is 9.84 Å². The van der Waals surface area contributed by atoms with Crippen LogP contribution in [0.2, 0.25) is 10.0 Å². The molecule has 2 aromatic rings. The van der Waals surface area contributed by atoms with Gasteiger partial charge in [0.1, 0.15) is 0 Å². The third kappa shape index (κ3) is 4.60. The topological polar surface area (TPSA) is 74.7 Å². The Morgan fingerprint density at radius 2 is 1.43 bits per heavy atom. The second-order valence-electron chi connectivity index (χ2n) is 4.68. The van der Waals surface area contributed by atoms with Crippen molar-refractivity contribution in [3.05, 3.63) is 58.6 Å². The quantitative estimate of drug-likeness (QED) is 0.860. The second-order valence-corrected chi connectivity index (χ2v) is 7.67. The number of carbonyl (C=O) groups is 1. The van der Waals surface area contributed by atoms with E-state index in [1.54, 1.807) is 12.1 Å². The Balaban J connectivity index is 2.16. The van der Waals surface area contributed by atoms with Crippen LogP contribution in [0.4, 0.5) is 10.5 Å². The lowest BCUT2D eigenvalue weighted by molar-refractivity contribution is 0.202. The summed E-state index contributed by atoms with van der Waals surface area (Å²) in [5, 5.41) is 10.2. The molecule has 0 heterocycles. The molecular formula is C15H13Cl2NO4S. The first-order chi connectivity index (χ1) is 10.8. The fourth-order valence-electron chi connectivity index (χ4n) is 1.93. The van der Waals surface area contributed by atoms with Gasteiger partial charge in [0.2, 0.25) is 0 Å². The zero-order valence-corrected chi connectivity index (χ0v) is 14.1. The molecule has 0 fully saturated rings. The molecule has 1 amide bonds. The van der Waals surface area contributed by atoms with E-state index < -0.39 is 15.9 Å². The van der Waals surface area contributed by atoms with Crippen LogP contribution in [0.1, 0.15) is 0 Å². The van der Waals surface area contributed by atoms with Crippen molar-refractivity contribution < 1.29 is 18.3 Å². The summed E-state index contributed by atoms with van der Waals surface area (Å²) in [6.45, 7) is -0.193. The summed E-state index contributed by atoms with van der Waals surface area (Å²) in [6, 6.07) is 11.9. The minimum absolute atomic E-state index is 0.100. The van der Waals surface area contributed by atoms with Gasteiger partial charge < -0.3 is 5.11 Å². The first kappa shape index (κ1) is 17.6. The maximum absolute atomic E-state index is 12.3. The first-order valence-corrected chi connectivity index (χ1v) is 8.95. The van der Waals surface area contributed by atoms with E-state index in [9.17, 15) is 18.3 Å². The number of carboxylic acid groups (broad SMARTS) is 1. The molecule has 0 aromatic heterocycles. The predicted molar refractivity (Wildman–Crippen MR) is 90.3 cm³/mol. The fraction of sp³-hybridized carbons (Fsp3) is 0.133. The van der Waals surface area contributed by atoms with E-state index in [0.29, 0.717) is 15.7 Å². The summed E-state index contributed by atoms with van der Waals surface area (Å²) in [5.41, 5.74) is 0.355. The molecule has 0 aliphatic heterocycles. The van der Waals surface area contributed by atoms with E-state index in [4.69, 9.17) is 23.2 Å². The van der Waals surface area contributed by atoms with Crippen LogP contribution in [-0.2, 0) is 9.84 Å². The predicted octanol–water partition coefficient (Wildman–Crippen LogP) is 3.95. The Kier molecular flexibility index (Phi) is 5.51. The SMILES string of the molecule is O=C(O)N(CCS(=O)(=O)c1ccc(Cl)cc1)c1ccc(Cl)cc1. The van der Waals surface area contributed by atoms with E-state index in [2.05, 4.69) is 0 Å². The molecule has 0 bridgehead atoms. The summed E-state index contributed by atoms with van der Waals surface area (Å²) < 4.78 is 24.5. The van der Waals surface area contributed by atoms with E-state index >= 15 is 0 Å². The van der Waals surface area contributed by atoms with E-state index in [0.717, 1.165) is 4.90 Å². The van der Waals surface area contributed by atoms with Crippen molar-refractivity contribution in [2.75, 3.05) is 17.2 Å². The second kappa shape index (κ2) is 7.21. The molecule has 0 aliphatic carbocycles. The number of hydrogen-bond donors (Lipinski definition) is 1. The van der Waals surface area contributed by atoms with Crippen LogP contribution in [0.5, 0.6) is 0 Å². The fourth-order valence-corrected chi connectivity index (χ4v) is 3.39. The van der Waals surface area contributed by atoms with Gasteiger partial charge >= 0.3 is 6.09 Å². The summed E-state index contributed by atoms with van der Waals surface area (Å²) in [4.78, 5) is 12.4. The number of halogens is 2. The number of amides is 1. The molecule has 0 saturated carbocycles. The summed E-state index contributed by atoms with van der Waals surface area (Å²) in [5.74, 6) is -0.344. The molecule has 2 aromatic carbocycles. The van der Waals surface area contributed by atoms with E-state index in [1.165, 1.54) is 36.4 Å². The normalized spacial score (nSPS) is 11.2. The summed E-state index contributed by atoms with van der Waals surface area (Å²) in [7, 11) is -3.61. The highest BCUT2D eigenvalue weighted by Gasteiger charge is 2.20. The zero-order valence-electron chi connectivity index (χ0n) is 11.8. The highest BCUT2D eigenvalue weighted by atomic mass is 35.5. The van der Waals surface area contributed by atoms with Gasteiger partial charge in [-0.3, -0.25) is 4.90 Å². The van der Waals surface area contributed by atoms with Crippen molar-refractivity contribution in [3.63, 3.8) is 0 Å². The third-order valence-electron chi connectivity index (χ3n) is 3.13. The van der Waals surface area contributed by atoms with Crippen LogP contribution >= 0.6 is 23.2 Å². The molecule has 1 N–H and O–H groups in total. The van der Waals surface area contributed by atoms with Crippen LogP contribution in [0.3, 0.4) is 0 Å². The molecule has 0 atom stereocenters. The number of sulfone groups is 1. The Labute approximate surface area is 144 Å². The molecule has 0 radical (unpaired) electrons. The van der Waals surface area contributed by atoms with Crippen LogP contribution in [0.25, 0.3) is 0 Å². The lowest BCUT2D eigenvalue weighted by Crippen LogP contribution is -2.34.